The SMILES string of the molecule is CC(NC(=O)c1ccc(-c2ccco2)[nH]c1=O)C(=O)Nc1cccc(N2CCCC2)c1. The summed E-state index contributed by atoms with van der Waals surface area (Å²) < 4.78 is 5.24. The molecule has 8 nitrogen and oxygen atoms in total. The van der Waals surface area contributed by atoms with E-state index in [4.69, 9.17) is 4.42 Å². The third-order valence-electron chi connectivity index (χ3n) is 5.27. The molecule has 1 atom stereocenters. The topological polar surface area (TPSA) is 107 Å². The fourth-order valence-electron chi connectivity index (χ4n) is 3.57. The fraction of sp³-hybridized carbons (Fsp3) is 0.261. The number of benzene rings is 1. The van der Waals surface area contributed by atoms with Gasteiger partial charge in [-0.05, 0) is 62.2 Å². The minimum absolute atomic E-state index is 0.0778. The summed E-state index contributed by atoms with van der Waals surface area (Å²) in [6, 6.07) is 13.2. The summed E-state index contributed by atoms with van der Waals surface area (Å²) in [5.74, 6) is -0.496. The standard InChI is InChI=1S/C23H24N4O4/c1-15(21(28)25-16-6-4-7-17(14-16)27-11-2-3-12-27)24-22(29)18-9-10-19(26-23(18)30)20-8-5-13-31-20/h4-10,13-15H,2-3,11-12H2,1H3,(H,24,29)(H,25,28)(H,26,30). The Morgan fingerprint density at radius 2 is 1.90 bits per heavy atom. The van der Waals surface area contributed by atoms with E-state index >= 15 is 0 Å². The van der Waals surface area contributed by atoms with Gasteiger partial charge in [-0.2, -0.15) is 0 Å². The fourth-order valence-corrected chi connectivity index (χ4v) is 3.57. The lowest BCUT2D eigenvalue weighted by Crippen LogP contribution is -2.43. The molecule has 4 rings (SSSR count). The van der Waals surface area contributed by atoms with Crippen molar-refractivity contribution in [3.63, 3.8) is 0 Å². The highest BCUT2D eigenvalue weighted by Crippen LogP contribution is 2.23. The van der Waals surface area contributed by atoms with Gasteiger partial charge in [0.25, 0.3) is 11.5 Å². The molecule has 0 bridgehead atoms. The molecule has 1 aliphatic heterocycles. The van der Waals surface area contributed by atoms with Crippen molar-refractivity contribution in [1.82, 2.24) is 10.3 Å². The number of nitrogens with zero attached hydrogens (tertiary/aromatic N) is 1. The van der Waals surface area contributed by atoms with Crippen LogP contribution < -0.4 is 21.1 Å². The molecule has 1 unspecified atom stereocenters. The molecule has 0 spiro atoms. The van der Waals surface area contributed by atoms with Crippen molar-refractivity contribution in [3.05, 3.63) is 70.7 Å². The summed E-state index contributed by atoms with van der Waals surface area (Å²) >= 11 is 0. The molecule has 160 valence electrons. The summed E-state index contributed by atoms with van der Waals surface area (Å²) in [7, 11) is 0. The number of carbonyl (C=O) groups is 2. The van der Waals surface area contributed by atoms with Gasteiger partial charge < -0.3 is 24.9 Å². The number of H-pyrrole nitrogens is 1. The van der Waals surface area contributed by atoms with Crippen LogP contribution in [-0.4, -0.2) is 35.9 Å². The molecular weight excluding hydrogens is 396 g/mol. The van der Waals surface area contributed by atoms with Crippen LogP contribution in [0.4, 0.5) is 11.4 Å². The van der Waals surface area contributed by atoms with Gasteiger partial charge in [-0.15, -0.1) is 0 Å². The molecule has 2 amide bonds. The van der Waals surface area contributed by atoms with E-state index in [1.54, 1.807) is 25.1 Å². The Hall–Kier alpha value is -3.81. The first-order chi connectivity index (χ1) is 15.0. The van der Waals surface area contributed by atoms with Crippen LogP contribution in [0.5, 0.6) is 0 Å². The first-order valence-electron chi connectivity index (χ1n) is 10.3. The predicted octanol–water partition coefficient (Wildman–Crippen LogP) is 2.99. The van der Waals surface area contributed by atoms with Crippen LogP contribution >= 0.6 is 0 Å². The molecule has 1 saturated heterocycles. The highest BCUT2D eigenvalue weighted by Gasteiger charge is 2.20. The maximum absolute atomic E-state index is 12.6. The number of rotatable bonds is 6. The lowest BCUT2D eigenvalue weighted by Gasteiger charge is -2.19. The van der Waals surface area contributed by atoms with Gasteiger partial charge in [-0.1, -0.05) is 6.07 Å². The van der Waals surface area contributed by atoms with Gasteiger partial charge >= 0.3 is 0 Å². The second-order valence-corrected chi connectivity index (χ2v) is 7.52. The monoisotopic (exact) mass is 420 g/mol. The lowest BCUT2D eigenvalue weighted by molar-refractivity contribution is -0.117. The van der Waals surface area contributed by atoms with E-state index in [-0.39, 0.29) is 11.5 Å². The molecule has 8 heteroatoms. The molecule has 3 N–H and O–H groups in total. The van der Waals surface area contributed by atoms with E-state index in [0.29, 0.717) is 17.1 Å². The van der Waals surface area contributed by atoms with E-state index < -0.39 is 17.5 Å². The number of aromatic nitrogens is 1. The Labute approximate surface area is 179 Å². The van der Waals surface area contributed by atoms with Gasteiger partial charge in [0, 0.05) is 24.5 Å². The number of carbonyl (C=O) groups excluding carboxylic acids is 2. The zero-order chi connectivity index (χ0) is 21.8. The van der Waals surface area contributed by atoms with Crippen molar-refractivity contribution >= 4 is 23.2 Å². The van der Waals surface area contributed by atoms with Crippen molar-refractivity contribution in [2.75, 3.05) is 23.3 Å². The number of pyridine rings is 1. The van der Waals surface area contributed by atoms with Crippen molar-refractivity contribution in [2.24, 2.45) is 0 Å². The molecule has 2 aromatic heterocycles. The van der Waals surface area contributed by atoms with Crippen LogP contribution in [0.25, 0.3) is 11.5 Å². The first-order valence-corrected chi connectivity index (χ1v) is 10.3. The number of aromatic amines is 1. The van der Waals surface area contributed by atoms with Crippen LogP contribution in [-0.2, 0) is 4.79 Å². The molecule has 0 aliphatic carbocycles. The second kappa shape index (κ2) is 8.91. The molecule has 0 saturated carbocycles. The maximum Gasteiger partial charge on any atom is 0.261 e. The Morgan fingerprint density at radius 3 is 2.61 bits per heavy atom. The predicted molar refractivity (Wildman–Crippen MR) is 118 cm³/mol. The number of hydrogen-bond donors (Lipinski definition) is 3. The van der Waals surface area contributed by atoms with Crippen LogP contribution in [0.2, 0.25) is 0 Å². The average molecular weight is 420 g/mol. The quantitative estimate of drug-likeness (QED) is 0.568. The zero-order valence-corrected chi connectivity index (χ0v) is 17.2. The number of anilines is 2. The molecule has 1 fully saturated rings. The number of furan rings is 1. The minimum atomic E-state index is -0.827. The Kier molecular flexibility index (Phi) is 5.88. The third-order valence-corrected chi connectivity index (χ3v) is 5.27. The Balaban J connectivity index is 1.39. The summed E-state index contributed by atoms with van der Waals surface area (Å²) in [4.78, 5) is 42.3. The van der Waals surface area contributed by atoms with E-state index in [1.165, 1.54) is 25.2 Å². The van der Waals surface area contributed by atoms with Crippen LogP contribution in [0.3, 0.4) is 0 Å². The molecular formula is C23H24N4O4. The van der Waals surface area contributed by atoms with Crippen molar-refractivity contribution in [3.8, 4) is 11.5 Å². The van der Waals surface area contributed by atoms with Crippen molar-refractivity contribution in [1.29, 1.82) is 0 Å². The summed E-state index contributed by atoms with van der Waals surface area (Å²) in [5, 5.41) is 5.40. The molecule has 31 heavy (non-hydrogen) atoms. The van der Waals surface area contributed by atoms with E-state index in [0.717, 1.165) is 18.8 Å². The van der Waals surface area contributed by atoms with E-state index in [9.17, 15) is 14.4 Å². The van der Waals surface area contributed by atoms with E-state index in [2.05, 4.69) is 20.5 Å². The third kappa shape index (κ3) is 4.69. The summed E-state index contributed by atoms with van der Waals surface area (Å²) in [6.07, 6.45) is 3.83. The smallest absolute Gasteiger partial charge is 0.261 e. The number of hydrogen-bond acceptors (Lipinski definition) is 5. The van der Waals surface area contributed by atoms with Crippen LogP contribution in [0, 0.1) is 0 Å². The highest BCUT2D eigenvalue weighted by atomic mass is 16.3. The summed E-state index contributed by atoms with van der Waals surface area (Å²) in [5.41, 5.74) is 1.56. The first kappa shape index (κ1) is 20.5. The van der Waals surface area contributed by atoms with Gasteiger partial charge in [-0.3, -0.25) is 14.4 Å². The lowest BCUT2D eigenvalue weighted by atomic mass is 10.2. The van der Waals surface area contributed by atoms with Gasteiger partial charge in [0.05, 0.1) is 12.0 Å². The minimum Gasteiger partial charge on any atom is -0.463 e. The van der Waals surface area contributed by atoms with Gasteiger partial charge in [0.1, 0.15) is 17.4 Å². The Morgan fingerprint density at radius 1 is 1.10 bits per heavy atom. The average Bonchev–Trinajstić information content (AvgIpc) is 3.48. The van der Waals surface area contributed by atoms with Gasteiger partial charge in [0.2, 0.25) is 5.91 Å². The molecule has 1 aromatic carbocycles. The molecule has 0 radical (unpaired) electrons. The molecule has 1 aliphatic rings. The largest absolute Gasteiger partial charge is 0.463 e. The molecule has 3 heterocycles. The van der Waals surface area contributed by atoms with Gasteiger partial charge in [-0.25, -0.2) is 0 Å². The maximum atomic E-state index is 12.6. The summed E-state index contributed by atoms with van der Waals surface area (Å²) in [6.45, 7) is 3.59. The van der Waals surface area contributed by atoms with Crippen molar-refractivity contribution < 1.29 is 14.0 Å². The van der Waals surface area contributed by atoms with Crippen LogP contribution in [0.15, 0.2) is 64.0 Å². The second-order valence-electron chi connectivity index (χ2n) is 7.52. The molecule has 3 aromatic rings. The Bertz CT molecular complexity index is 1130. The van der Waals surface area contributed by atoms with E-state index in [1.807, 2.05) is 24.3 Å². The van der Waals surface area contributed by atoms with Crippen molar-refractivity contribution in [2.45, 2.75) is 25.8 Å². The van der Waals surface area contributed by atoms with Crippen LogP contribution in [0.1, 0.15) is 30.1 Å². The number of amides is 2. The zero-order valence-electron chi connectivity index (χ0n) is 17.2. The number of nitrogens with one attached hydrogen (secondary N) is 3. The normalized spacial score (nSPS) is 14.3. The highest BCUT2D eigenvalue weighted by molar-refractivity contribution is 6.01. The van der Waals surface area contributed by atoms with Gasteiger partial charge in [0.15, 0.2) is 0 Å².